The van der Waals surface area contributed by atoms with Crippen LogP contribution in [0, 0.1) is 0 Å². The normalized spacial score (nSPS) is 11.3. The molecule has 7 nitrogen and oxygen atoms in total. The van der Waals surface area contributed by atoms with Gasteiger partial charge in [-0.2, -0.15) is 4.98 Å². The molecule has 27 heavy (non-hydrogen) atoms. The fourth-order valence-electron chi connectivity index (χ4n) is 2.97. The van der Waals surface area contributed by atoms with Crippen molar-refractivity contribution in [3.63, 3.8) is 0 Å². The summed E-state index contributed by atoms with van der Waals surface area (Å²) in [5, 5.41) is 4.14. The Balaban J connectivity index is 1.75. The molecule has 0 amide bonds. The molecule has 2 aromatic heterocycles. The largest absolute Gasteiger partial charge is 0.497 e. The summed E-state index contributed by atoms with van der Waals surface area (Å²) in [7, 11) is 3.20. The lowest BCUT2D eigenvalue weighted by molar-refractivity contribution is 0.393. The molecule has 2 heterocycles. The van der Waals surface area contributed by atoms with Crippen LogP contribution in [-0.2, 0) is 0 Å². The van der Waals surface area contributed by atoms with Gasteiger partial charge >= 0.3 is 0 Å². The van der Waals surface area contributed by atoms with Crippen molar-refractivity contribution in [1.82, 2.24) is 19.7 Å². The van der Waals surface area contributed by atoms with E-state index < -0.39 is 0 Å². The van der Waals surface area contributed by atoms with Crippen LogP contribution in [0.1, 0.15) is 19.9 Å². The average Bonchev–Trinajstić information content (AvgIpc) is 3.34. The number of methoxy groups -OCH3 is 2. The summed E-state index contributed by atoms with van der Waals surface area (Å²) in [5.41, 5.74) is 3.58. The Morgan fingerprint density at radius 1 is 0.963 bits per heavy atom. The molecule has 0 unspecified atom stereocenters. The van der Waals surface area contributed by atoms with Crippen LogP contribution < -0.4 is 9.47 Å². The molecule has 2 aromatic carbocycles. The van der Waals surface area contributed by atoms with Crippen molar-refractivity contribution in [3.8, 4) is 34.3 Å². The van der Waals surface area contributed by atoms with Crippen LogP contribution in [0.5, 0.6) is 11.5 Å². The Labute approximate surface area is 156 Å². The van der Waals surface area contributed by atoms with Crippen molar-refractivity contribution < 1.29 is 14.0 Å². The van der Waals surface area contributed by atoms with Crippen molar-refractivity contribution in [2.24, 2.45) is 0 Å². The summed E-state index contributed by atoms with van der Waals surface area (Å²) in [6, 6.07) is 11.7. The maximum absolute atomic E-state index is 5.48. The van der Waals surface area contributed by atoms with Gasteiger partial charge in [0.1, 0.15) is 11.5 Å². The zero-order valence-corrected chi connectivity index (χ0v) is 15.6. The smallest absolute Gasteiger partial charge is 0.258 e. The molecule has 0 spiro atoms. The van der Waals surface area contributed by atoms with Crippen LogP contribution in [-0.4, -0.2) is 33.9 Å². The number of hydrogen-bond acceptors (Lipinski definition) is 6. The van der Waals surface area contributed by atoms with Gasteiger partial charge in [-0.1, -0.05) is 5.16 Å². The van der Waals surface area contributed by atoms with Crippen LogP contribution in [0.4, 0.5) is 0 Å². The van der Waals surface area contributed by atoms with Crippen LogP contribution in [0.3, 0.4) is 0 Å². The second-order valence-corrected chi connectivity index (χ2v) is 6.47. The summed E-state index contributed by atoms with van der Waals surface area (Å²) in [4.78, 5) is 8.99. The first kappa shape index (κ1) is 17.1. The van der Waals surface area contributed by atoms with E-state index >= 15 is 0 Å². The lowest BCUT2D eigenvalue weighted by Crippen LogP contribution is -1.98. The fourth-order valence-corrected chi connectivity index (χ4v) is 2.97. The second kappa shape index (κ2) is 6.75. The lowest BCUT2D eigenvalue weighted by atomic mass is 10.1. The van der Waals surface area contributed by atoms with Gasteiger partial charge in [0.2, 0.25) is 5.82 Å². The van der Waals surface area contributed by atoms with Crippen molar-refractivity contribution in [2.75, 3.05) is 14.2 Å². The topological polar surface area (TPSA) is 75.2 Å². The Hall–Kier alpha value is -3.35. The van der Waals surface area contributed by atoms with Gasteiger partial charge in [-0.3, -0.25) is 0 Å². The van der Waals surface area contributed by atoms with Gasteiger partial charge in [-0.25, -0.2) is 4.98 Å². The van der Waals surface area contributed by atoms with E-state index in [4.69, 9.17) is 14.0 Å². The van der Waals surface area contributed by atoms with Gasteiger partial charge in [0.15, 0.2) is 0 Å². The predicted molar refractivity (Wildman–Crippen MR) is 102 cm³/mol. The van der Waals surface area contributed by atoms with Gasteiger partial charge < -0.3 is 18.6 Å². The maximum Gasteiger partial charge on any atom is 0.258 e. The van der Waals surface area contributed by atoms with Crippen molar-refractivity contribution in [1.29, 1.82) is 0 Å². The van der Waals surface area contributed by atoms with E-state index in [-0.39, 0.29) is 0 Å². The first-order chi connectivity index (χ1) is 13.1. The first-order valence-corrected chi connectivity index (χ1v) is 8.63. The van der Waals surface area contributed by atoms with E-state index in [9.17, 15) is 0 Å². The standard InChI is InChI=1S/C20H20N4O3/c1-12(2)24-11-21-17-6-5-13(9-18(17)24)19-22-20(27-23-19)14-7-15(25-3)10-16(8-14)26-4/h5-12H,1-4H3. The SMILES string of the molecule is COc1cc(OC)cc(-c2nc(-c3ccc4ncn(C(C)C)c4c3)no2)c1. The van der Waals surface area contributed by atoms with Gasteiger partial charge in [0.05, 0.1) is 31.6 Å². The summed E-state index contributed by atoms with van der Waals surface area (Å²) in [5.74, 6) is 2.24. The number of fused-ring (bicyclic) bond motifs is 1. The molecule has 0 radical (unpaired) electrons. The number of nitrogens with zero attached hydrogens (tertiary/aromatic N) is 4. The minimum atomic E-state index is 0.315. The molecule has 138 valence electrons. The molecule has 0 atom stereocenters. The van der Waals surface area contributed by atoms with E-state index in [1.807, 2.05) is 36.7 Å². The third kappa shape index (κ3) is 3.12. The number of hydrogen-bond donors (Lipinski definition) is 0. The zero-order chi connectivity index (χ0) is 19.0. The zero-order valence-electron chi connectivity index (χ0n) is 15.6. The molecule has 0 bridgehead atoms. The highest BCUT2D eigenvalue weighted by Crippen LogP contribution is 2.31. The summed E-state index contributed by atoms with van der Waals surface area (Å²) in [6.07, 6.45) is 1.85. The van der Waals surface area contributed by atoms with Crippen molar-refractivity contribution in [2.45, 2.75) is 19.9 Å². The summed E-state index contributed by atoms with van der Waals surface area (Å²) >= 11 is 0. The van der Waals surface area contributed by atoms with E-state index in [0.717, 1.165) is 22.2 Å². The predicted octanol–water partition coefficient (Wildman–Crippen LogP) is 4.35. The minimum absolute atomic E-state index is 0.315. The maximum atomic E-state index is 5.48. The Kier molecular flexibility index (Phi) is 4.27. The number of ether oxygens (including phenoxy) is 2. The molecule has 4 aromatic rings. The van der Waals surface area contributed by atoms with Crippen molar-refractivity contribution in [3.05, 3.63) is 42.7 Å². The average molecular weight is 364 g/mol. The van der Waals surface area contributed by atoms with Crippen LogP contribution >= 0.6 is 0 Å². The van der Waals surface area contributed by atoms with E-state index in [1.54, 1.807) is 20.3 Å². The number of aromatic nitrogens is 4. The van der Waals surface area contributed by atoms with E-state index in [0.29, 0.717) is 29.3 Å². The third-order valence-corrected chi connectivity index (χ3v) is 4.41. The number of imidazole rings is 1. The first-order valence-electron chi connectivity index (χ1n) is 8.63. The second-order valence-electron chi connectivity index (χ2n) is 6.47. The molecule has 0 fully saturated rings. The van der Waals surface area contributed by atoms with Crippen LogP contribution in [0.15, 0.2) is 47.2 Å². The Morgan fingerprint density at radius 2 is 1.70 bits per heavy atom. The molecule has 0 aliphatic carbocycles. The minimum Gasteiger partial charge on any atom is -0.497 e. The van der Waals surface area contributed by atoms with Gasteiger partial charge in [-0.05, 0) is 44.2 Å². The van der Waals surface area contributed by atoms with Gasteiger partial charge in [-0.15, -0.1) is 0 Å². The molecule has 0 aliphatic rings. The summed E-state index contributed by atoms with van der Waals surface area (Å²) < 4.78 is 18.2. The molecule has 0 saturated carbocycles. The highest BCUT2D eigenvalue weighted by Gasteiger charge is 2.15. The molecular formula is C20H20N4O3. The Morgan fingerprint density at radius 3 is 2.37 bits per heavy atom. The van der Waals surface area contributed by atoms with Gasteiger partial charge in [0.25, 0.3) is 5.89 Å². The molecular weight excluding hydrogens is 344 g/mol. The monoisotopic (exact) mass is 364 g/mol. The molecule has 0 saturated heterocycles. The van der Waals surface area contributed by atoms with E-state index in [1.165, 1.54) is 0 Å². The summed E-state index contributed by atoms with van der Waals surface area (Å²) in [6.45, 7) is 4.24. The third-order valence-electron chi connectivity index (χ3n) is 4.41. The molecule has 0 aliphatic heterocycles. The lowest BCUT2D eigenvalue weighted by Gasteiger charge is -2.08. The van der Waals surface area contributed by atoms with Crippen molar-refractivity contribution >= 4 is 11.0 Å². The fraction of sp³-hybridized carbons (Fsp3) is 0.250. The van der Waals surface area contributed by atoms with Crippen LogP contribution in [0.2, 0.25) is 0 Å². The van der Waals surface area contributed by atoms with Gasteiger partial charge in [0, 0.05) is 23.2 Å². The molecule has 7 heteroatoms. The highest BCUT2D eigenvalue weighted by atomic mass is 16.5. The number of benzene rings is 2. The molecule has 0 N–H and O–H groups in total. The molecule has 4 rings (SSSR count). The number of rotatable bonds is 5. The Bertz CT molecular complexity index is 1080. The van der Waals surface area contributed by atoms with Crippen LogP contribution in [0.25, 0.3) is 33.9 Å². The quantitative estimate of drug-likeness (QED) is 0.524. The highest BCUT2D eigenvalue weighted by molar-refractivity contribution is 5.81. The van der Waals surface area contributed by atoms with E-state index in [2.05, 4.69) is 33.5 Å².